The van der Waals surface area contributed by atoms with Crippen molar-refractivity contribution < 1.29 is 8.42 Å². The van der Waals surface area contributed by atoms with Crippen LogP contribution in [-0.4, -0.2) is 50.8 Å². The quantitative estimate of drug-likeness (QED) is 0.780. The first kappa shape index (κ1) is 15.3. The number of nitrogens with zero attached hydrogens (tertiary/aromatic N) is 2. The molecule has 2 rings (SSSR count). The van der Waals surface area contributed by atoms with Crippen molar-refractivity contribution >= 4 is 33.0 Å². The second-order valence-corrected chi connectivity index (χ2v) is 8.42. The van der Waals surface area contributed by atoms with Gasteiger partial charge in [0, 0.05) is 25.5 Å². The van der Waals surface area contributed by atoms with Gasteiger partial charge in [-0.15, -0.1) is 22.9 Å². The van der Waals surface area contributed by atoms with Crippen molar-refractivity contribution in [3.8, 4) is 0 Å². The molecule has 1 aliphatic heterocycles. The van der Waals surface area contributed by atoms with Gasteiger partial charge in [0.05, 0.1) is 0 Å². The molecule has 1 aromatic heterocycles. The Morgan fingerprint density at radius 2 is 2.32 bits per heavy atom. The number of likely N-dealkylation sites (N-methyl/N-ethyl adjacent to an activating group) is 2. The molecule has 108 valence electrons. The monoisotopic (exact) mass is 322 g/mol. The first-order chi connectivity index (χ1) is 8.95. The maximum absolute atomic E-state index is 12.4. The summed E-state index contributed by atoms with van der Waals surface area (Å²) in [4.78, 5) is 2.23. The summed E-state index contributed by atoms with van der Waals surface area (Å²) < 4.78 is 26.7. The van der Waals surface area contributed by atoms with Gasteiger partial charge in [0.25, 0.3) is 10.0 Å². The number of halogens is 1. The highest BCUT2D eigenvalue weighted by atomic mass is 35.5. The van der Waals surface area contributed by atoms with Crippen LogP contribution in [0, 0.1) is 0 Å². The summed E-state index contributed by atoms with van der Waals surface area (Å²) in [6, 6.07) is 1.99. The Hall–Kier alpha value is -0.140. The first-order valence-electron chi connectivity index (χ1n) is 6.25. The maximum atomic E-state index is 12.4. The molecule has 0 aromatic carbocycles. The molecule has 0 amide bonds. The molecule has 0 spiro atoms. The Morgan fingerprint density at radius 1 is 1.58 bits per heavy atom. The molecular formula is C12H19ClN2O2S2. The number of sulfonamides is 1. The van der Waals surface area contributed by atoms with Crippen molar-refractivity contribution in [3.05, 3.63) is 17.0 Å². The van der Waals surface area contributed by atoms with E-state index in [2.05, 4.69) is 11.9 Å². The van der Waals surface area contributed by atoms with Crippen molar-refractivity contribution in [1.82, 2.24) is 9.21 Å². The average Bonchev–Trinajstić information content (AvgIpc) is 2.99. The zero-order valence-electron chi connectivity index (χ0n) is 11.2. The fourth-order valence-corrected chi connectivity index (χ4v) is 5.19. The average molecular weight is 323 g/mol. The van der Waals surface area contributed by atoms with Crippen LogP contribution in [0.15, 0.2) is 15.7 Å². The van der Waals surface area contributed by atoms with Crippen LogP contribution in [0.1, 0.15) is 18.4 Å². The molecule has 1 saturated heterocycles. The number of alkyl halides is 1. The molecular weight excluding hydrogens is 304 g/mol. The summed E-state index contributed by atoms with van der Waals surface area (Å²) in [7, 11) is 0.332. The van der Waals surface area contributed by atoms with Gasteiger partial charge in [0.1, 0.15) is 4.21 Å². The zero-order chi connectivity index (χ0) is 14.0. The van der Waals surface area contributed by atoms with Gasteiger partial charge in [-0.25, -0.2) is 8.42 Å². The van der Waals surface area contributed by atoms with E-state index < -0.39 is 10.0 Å². The van der Waals surface area contributed by atoms with E-state index in [-0.39, 0.29) is 0 Å². The standard InChI is InChI=1S/C12H19ClN2O2S2/c1-14-5-3-4-11(14)8-15(2)19(16,17)12-6-10(7-13)9-18-12/h6,9,11H,3-5,7-8H2,1-2H3. The predicted molar refractivity (Wildman–Crippen MR) is 79.3 cm³/mol. The third-order valence-corrected chi connectivity index (χ3v) is 7.18. The summed E-state index contributed by atoms with van der Waals surface area (Å²) in [5, 5.41) is 1.80. The fourth-order valence-electron chi connectivity index (χ4n) is 2.32. The fraction of sp³-hybridized carbons (Fsp3) is 0.667. The van der Waals surface area contributed by atoms with E-state index in [1.54, 1.807) is 18.5 Å². The van der Waals surface area contributed by atoms with E-state index in [4.69, 9.17) is 11.6 Å². The van der Waals surface area contributed by atoms with Gasteiger partial charge in [-0.1, -0.05) is 0 Å². The summed E-state index contributed by atoms with van der Waals surface area (Å²) in [5.74, 6) is 0.348. The van der Waals surface area contributed by atoms with Crippen LogP contribution in [0.3, 0.4) is 0 Å². The van der Waals surface area contributed by atoms with E-state index in [9.17, 15) is 8.42 Å². The van der Waals surface area contributed by atoms with Crippen molar-refractivity contribution in [1.29, 1.82) is 0 Å². The Morgan fingerprint density at radius 3 is 2.84 bits per heavy atom. The second kappa shape index (κ2) is 6.10. The summed E-state index contributed by atoms with van der Waals surface area (Å²) in [6.45, 7) is 1.60. The Bertz CT molecular complexity index is 530. The highest BCUT2D eigenvalue weighted by Crippen LogP contribution is 2.25. The largest absolute Gasteiger partial charge is 0.302 e. The smallest absolute Gasteiger partial charge is 0.252 e. The van der Waals surface area contributed by atoms with Gasteiger partial charge in [0.15, 0.2) is 0 Å². The molecule has 1 atom stereocenters. The number of rotatable bonds is 5. The Kier molecular flexibility index (Phi) is 4.89. The molecule has 0 aliphatic carbocycles. The highest BCUT2D eigenvalue weighted by molar-refractivity contribution is 7.91. The highest BCUT2D eigenvalue weighted by Gasteiger charge is 2.28. The van der Waals surface area contributed by atoms with Gasteiger partial charge in [-0.3, -0.25) is 0 Å². The third kappa shape index (κ3) is 3.31. The lowest BCUT2D eigenvalue weighted by atomic mass is 10.2. The van der Waals surface area contributed by atoms with Crippen LogP contribution in [0.5, 0.6) is 0 Å². The number of hydrogen-bond donors (Lipinski definition) is 0. The lowest BCUT2D eigenvalue weighted by Gasteiger charge is -2.24. The van der Waals surface area contributed by atoms with Crippen LogP contribution in [0.4, 0.5) is 0 Å². The van der Waals surface area contributed by atoms with Crippen LogP contribution in [-0.2, 0) is 15.9 Å². The van der Waals surface area contributed by atoms with Gasteiger partial charge >= 0.3 is 0 Å². The summed E-state index contributed by atoms with van der Waals surface area (Å²) in [6.07, 6.45) is 2.21. The minimum atomic E-state index is -3.37. The van der Waals surface area contributed by atoms with Crippen LogP contribution in [0.2, 0.25) is 0 Å². The lowest BCUT2D eigenvalue weighted by molar-refractivity contribution is 0.271. The number of likely N-dealkylation sites (tertiary alicyclic amines) is 1. The molecule has 1 aliphatic rings. The topological polar surface area (TPSA) is 40.6 Å². The minimum Gasteiger partial charge on any atom is -0.302 e. The van der Waals surface area contributed by atoms with E-state index in [0.29, 0.717) is 22.7 Å². The van der Waals surface area contributed by atoms with Crippen LogP contribution >= 0.6 is 22.9 Å². The van der Waals surface area contributed by atoms with E-state index in [1.807, 2.05) is 0 Å². The van der Waals surface area contributed by atoms with E-state index in [0.717, 1.165) is 24.9 Å². The van der Waals surface area contributed by atoms with Gasteiger partial charge in [-0.05, 0) is 43.4 Å². The van der Waals surface area contributed by atoms with Crippen molar-refractivity contribution in [3.63, 3.8) is 0 Å². The molecule has 1 aromatic rings. The Balaban J connectivity index is 2.10. The predicted octanol–water partition coefficient (Wildman–Crippen LogP) is 2.20. The summed E-state index contributed by atoms with van der Waals surface area (Å²) >= 11 is 6.96. The molecule has 2 heterocycles. The number of thiophene rings is 1. The molecule has 1 fully saturated rings. The molecule has 7 heteroatoms. The second-order valence-electron chi connectivity index (χ2n) is 4.97. The first-order valence-corrected chi connectivity index (χ1v) is 9.10. The third-order valence-electron chi connectivity index (χ3n) is 3.59. The molecule has 0 N–H and O–H groups in total. The minimum absolute atomic E-state index is 0.326. The van der Waals surface area contributed by atoms with Crippen LogP contribution < -0.4 is 0 Å². The molecule has 0 saturated carbocycles. The zero-order valence-corrected chi connectivity index (χ0v) is 13.6. The van der Waals surface area contributed by atoms with E-state index in [1.165, 1.54) is 15.6 Å². The van der Waals surface area contributed by atoms with Crippen molar-refractivity contribution in [2.75, 3.05) is 27.2 Å². The van der Waals surface area contributed by atoms with Gasteiger partial charge < -0.3 is 4.90 Å². The molecule has 4 nitrogen and oxygen atoms in total. The van der Waals surface area contributed by atoms with Gasteiger partial charge in [-0.2, -0.15) is 4.31 Å². The SMILES string of the molecule is CN1CCCC1CN(C)S(=O)(=O)c1cc(CCl)cs1. The maximum Gasteiger partial charge on any atom is 0.252 e. The summed E-state index contributed by atoms with van der Waals surface area (Å²) in [5.41, 5.74) is 0.858. The molecule has 0 bridgehead atoms. The van der Waals surface area contributed by atoms with Crippen LogP contribution in [0.25, 0.3) is 0 Å². The van der Waals surface area contributed by atoms with Gasteiger partial charge in [0.2, 0.25) is 0 Å². The molecule has 19 heavy (non-hydrogen) atoms. The Labute approximate surface area is 124 Å². The molecule has 1 unspecified atom stereocenters. The lowest BCUT2D eigenvalue weighted by Crippen LogP contribution is -2.39. The van der Waals surface area contributed by atoms with E-state index >= 15 is 0 Å². The van der Waals surface area contributed by atoms with Crippen molar-refractivity contribution in [2.45, 2.75) is 29.0 Å². The normalized spacial score (nSPS) is 21.4. The van der Waals surface area contributed by atoms with Crippen molar-refractivity contribution in [2.24, 2.45) is 0 Å². The number of hydrogen-bond acceptors (Lipinski definition) is 4. The molecule has 0 radical (unpaired) electrons.